The van der Waals surface area contributed by atoms with Crippen LogP contribution in [0, 0.1) is 0 Å². The van der Waals surface area contributed by atoms with Crippen LogP contribution >= 0.6 is 0 Å². The summed E-state index contributed by atoms with van der Waals surface area (Å²) in [7, 11) is 7.50. The lowest BCUT2D eigenvalue weighted by Gasteiger charge is -2.24. The van der Waals surface area contributed by atoms with Crippen molar-refractivity contribution in [2.24, 2.45) is 0 Å². The first kappa shape index (κ1) is 28.7. The zero-order chi connectivity index (χ0) is 25.1. The van der Waals surface area contributed by atoms with E-state index in [4.69, 9.17) is 20.4 Å². The molecule has 13 heteroatoms. The molecule has 0 aromatic rings. The Morgan fingerprint density at radius 2 is 1.09 bits per heavy atom. The standard InChI is InChI=1S/C10H16N2O8.C9H15N2O/c13-7(14)3-11(4-8(15)16)1-2-12(5-9(17)18)6-10(19)20;1-10(2)9(12)8-6-5-7-11(8,3)4/h1-6H2,(H,13,14)(H,15,16)(H,17,18)(H,19,20);5-7H,1-4H3/q;+1. The maximum atomic E-state index is 11.6. The van der Waals surface area contributed by atoms with Crippen LogP contribution in [0.5, 0.6) is 0 Å². The minimum Gasteiger partial charge on any atom is -0.480 e. The van der Waals surface area contributed by atoms with Gasteiger partial charge in [-0.3, -0.25) is 38.3 Å². The lowest BCUT2D eigenvalue weighted by atomic mass is 10.3. The maximum Gasteiger partial charge on any atom is 0.317 e. The normalized spacial score (nSPS) is 13.9. The molecule has 0 spiro atoms. The summed E-state index contributed by atoms with van der Waals surface area (Å²) in [6.07, 6.45) is 5.76. The van der Waals surface area contributed by atoms with Crippen LogP contribution in [0.25, 0.3) is 0 Å². The molecule has 1 rings (SSSR count). The molecular weight excluding hydrogens is 428 g/mol. The molecule has 0 radical (unpaired) electrons. The van der Waals surface area contributed by atoms with Gasteiger partial charge in [-0.1, -0.05) is 0 Å². The van der Waals surface area contributed by atoms with Gasteiger partial charge in [0.05, 0.1) is 40.3 Å². The number of rotatable bonds is 12. The van der Waals surface area contributed by atoms with E-state index < -0.39 is 50.1 Å². The number of hydrogen-bond acceptors (Lipinski definition) is 7. The fourth-order valence-corrected chi connectivity index (χ4v) is 2.64. The smallest absolute Gasteiger partial charge is 0.317 e. The predicted molar refractivity (Wildman–Crippen MR) is 111 cm³/mol. The molecule has 180 valence electrons. The van der Waals surface area contributed by atoms with Crippen LogP contribution in [0.1, 0.15) is 0 Å². The molecule has 1 heterocycles. The van der Waals surface area contributed by atoms with E-state index in [-0.39, 0.29) is 19.0 Å². The van der Waals surface area contributed by atoms with Gasteiger partial charge in [0, 0.05) is 33.3 Å². The zero-order valence-electron chi connectivity index (χ0n) is 18.6. The minimum atomic E-state index is -1.23. The van der Waals surface area contributed by atoms with Crippen molar-refractivity contribution >= 4 is 29.8 Å². The molecular formula is C19H31N4O9+. The van der Waals surface area contributed by atoms with Gasteiger partial charge in [0.1, 0.15) is 6.20 Å². The molecule has 0 aromatic heterocycles. The van der Waals surface area contributed by atoms with Crippen LogP contribution in [-0.4, -0.2) is 137 Å². The Balaban J connectivity index is 0.000000677. The Morgan fingerprint density at radius 3 is 1.31 bits per heavy atom. The van der Waals surface area contributed by atoms with Crippen molar-refractivity contribution in [2.75, 3.05) is 67.5 Å². The van der Waals surface area contributed by atoms with E-state index in [1.54, 1.807) is 19.0 Å². The Morgan fingerprint density at radius 1 is 0.750 bits per heavy atom. The zero-order valence-corrected chi connectivity index (χ0v) is 18.6. The maximum absolute atomic E-state index is 11.6. The van der Waals surface area contributed by atoms with Gasteiger partial charge >= 0.3 is 29.8 Å². The molecule has 0 atom stereocenters. The Kier molecular flexibility index (Phi) is 11.8. The molecule has 4 N–H and O–H groups in total. The van der Waals surface area contributed by atoms with Crippen molar-refractivity contribution < 1.29 is 48.9 Å². The molecule has 0 aromatic carbocycles. The number of likely N-dealkylation sites (N-methyl/N-ethyl adjacent to an activating group) is 2. The highest BCUT2D eigenvalue weighted by atomic mass is 16.4. The topological polar surface area (TPSA) is 176 Å². The van der Waals surface area contributed by atoms with Crippen LogP contribution in [-0.2, 0) is 24.0 Å². The van der Waals surface area contributed by atoms with Crippen molar-refractivity contribution in [1.82, 2.24) is 14.7 Å². The van der Waals surface area contributed by atoms with E-state index >= 15 is 0 Å². The largest absolute Gasteiger partial charge is 0.480 e. The predicted octanol–water partition coefficient (Wildman–Crippen LogP) is -1.51. The number of quaternary nitrogens is 1. The number of nitrogens with zero attached hydrogens (tertiary/aromatic N) is 4. The minimum absolute atomic E-state index is 0.0703. The van der Waals surface area contributed by atoms with Gasteiger partial charge < -0.3 is 25.3 Å². The third-order valence-electron chi connectivity index (χ3n) is 4.13. The summed E-state index contributed by atoms with van der Waals surface area (Å²) >= 11 is 0. The summed E-state index contributed by atoms with van der Waals surface area (Å²) in [5.74, 6) is -4.84. The molecule has 0 saturated heterocycles. The fraction of sp³-hybridized carbons (Fsp3) is 0.526. The third kappa shape index (κ3) is 11.8. The van der Waals surface area contributed by atoms with E-state index in [1.165, 1.54) is 0 Å². The quantitative estimate of drug-likeness (QED) is 0.250. The van der Waals surface area contributed by atoms with Gasteiger partial charge in [-0.15, -0.1) is 0 Å². The Hall–Kier alpha value is -3.29. The van der Waals surface area contributed by atoms with Crippen molar-refractivity contribution in [2.45, 2.75) is 0 Å². The van der Waals surface area contributed by atoms with Gasteiger partial charge in [-0.25, -0.2) is 0 Å². The second kappa shape index (κ2) is 13.2. The van der Waals surface area contributed by atoms with Crippen molar-refractivity contribution in [1.29, 1.82) is 0 Å². The van der Waals surface area contributed by atoms with E-state index in [2.05, 4.69) is 0 Å². The summed E-state index contributed by atoms with van der Waals surface area (Å²) in [5.41, 5.74) is 0.806. The van der Waals surface area contributed by atoms with E-state index in [0.29, 0.717) is 4.48 Å². The first-order valence-electron chi connectivity index (χ1n) is 9.43. The molecule has 1 amide bonds. The van der Waals surface area contributed by atoms with Crippen molar-refractivity contribution in [3.05, 3.63) is 24.0 Å². The highest BCUT2D eigenvalue weighted by Crippen LogP contribution is 2.19. The van der Waals surface area contributed by atoms with Gasteiger partial charge in [-0.2, -0.15) is 0 Å². The number of amides is 1. The first-order chi connectivity index (χ1) is 14.7. The summed E-state index contributed by atoms with van der Waals surface area (Å²) in [4.78, 5) is 57.5. The molecule has 13 nitrogen and oxygen atoms in total. The van der Waals surface area contributed by atoms with Gasteiger partial charge in [0.25, 0.3) is 0 Å². The summed E-state index contributed by atoms with van der Waals surface area (Å²) < 4.78 is 0.539. The van der Waals surface area contributed by atoms with Gasteiger partial charge in [-0.05, 0) is 6.08 Å². The number of carbonyl (C=O) groups excluding carboxylic acids is 1. The molecule has 1 aliphatic rings. The molecule has 0 bridgehead atoms. The number of carbonyl (C=O) groups is 5. The molecule has 32 heavy (non-hydrogen) atoms. The molecule has 0 fully saturated rings. The number of hydrogen-bond donors (Lipinski definition) is 4. The van der Waals surface area contributed by atoms with Crippen LogP contribution in [0.15, 0.2) is 24.0 Å². The average molecular weight is 459 g/mol. The number of allylic oxidation sites excluding steroid dienone is 2. The number of carboxylic acid groups (broad SMARTS) is 4. The first-order valence-corrected chi connectivity index (χ1v) is 9.43. The lowest BCUT2D eigenvalue weighted by Crippen LogP contribution is -2.43. The van der Waals surface area contributed by atoms with Crippen LogP contribution < -0.4 is 0 Å². The molecule has 1 aliphatic heterocycles. The third-order valence-corrected chi connectivity index (χ3v) is 4.13. The van der Waals surface area contributed by atoms with Gasteiger partial charge in [0.15, 0.2) is 0 Å². The molecule has 0 aliphatic carbocycles. The number of aliphatic carboxylic acids is 4. The highest BCUT2D eigenvalue weighted by Gasteiger charge is 2.30. The average Bonchev–Trinajstić information content (AvgIpc) is 2.96. The van der Waals surface area contributed by atoms with E-state index in [0.717, 1.165) is 15.5 Å². The molecule has 0 unspecified atom stereocenters. The van der Waals surface area contributed by atoms with Crippen molar-refractivity contribution in [3.63, 3.8) is 0 Å². The second-order valence-corrected chi connectivity index (χ2v) is 7.63. The number of carboxylic acids is 4. The fourth-order valence-electron chi connectivity index (χ4n) is 2.64. The van der Waals surface area contributed by atoms with Crippen LogP contribution in [0.3, 0.4) is 0 Å². The van der Waals surface area contributed by atoms with Crippen molar-refractivity contribution in [3.8, 4) is 0 Å². The van der Waals surface area contributed by atoms with Crippen LogP contribution in [0.2, 0.25) is 0 Å². The Labute approximate surface area is 185 Å². The van der Waals surface area contributed by atoms with E-state index in [9.17, 15) is 24.0 Å². The molecule has 0 saturated carbocycles. The summed E-state index contributed by atoms with van der Waals surface area (Å²) in [6.45, 7) is -2.25. The van der Waals surface area contributed by atoms with E-state index in [1.807, 2.05) is 32.4 Å². The SMILES string of the molecule is CN(C)C(=O)C1=CC=C[N+]1(C)C.O=C(O)CN(CCN(CC(=O)O)CC(=O)O)CC(=O)O. The lowest BCUT2D eigenvalue weighted by molar-refractivity contribution is -0.791. The highest BCUT2D eigenvalue weighted by molar-refractivity contribution is 5.91. The Bertz CT molecular complexity index is 707. The second-order valence-electron chi connectivity index (χ2n) is 7.63. The van der Waals surface area contributed by atoms with Gasteiger partial charge in [0.2, 0.25) is 5.70 Å². The van der Waals surface area contributed by atoms with Crippen LogP contribution in [0.4, 0.5) is 0 Å². The summed E-state index contributed by atoms with van der Waals surface area (Å²) in [5, 5.41) is 34.5. The summed E-state index contributed by atoms with van der Waals surface area (Å²) in [6, 6.07) is 0. The monoisotopic (exact) mass is 459 g/mol.